The molecule has 0 saturated heterocycles. The van der Waals surface area contributed by atoms with E-state index in [0.29, 0.717) is 18.0 Å². The average molecular weight is 443 g/mol. The highest BCUT2D eigenvalue weighted by Gasteiger charge is 2.19. The topological polar surface area (TPSA) is 75.7 Å². The minimum absolute atomic E-state index is 0.0740. The molecule has 2 heterocycles. The second-order valence-corrected chi connectivity index (χ2v) is 8.49. The second kappa shape index (κ2) is 10.7. The molecule has 3 rings (SSSR count). The molecule has 0 spiro atoms. The first-order valence-corrected chi connectivity index (χ1v) is 11.2. The largest absolute Gasteiger partial charge is 0.451 e. The highest BCUT2D eigenvalue weighted by Crippen LogP contribution is 2.28. The maximum atomic E-state index is 12.4. The number of benzene rings is 1. The van der Waals surface area contributed by atoms with Crippen LogP contribution in [0, 0.1) is 0 Å². The molecule has 0 saturated carbocycles. The second-order valence-electron chi connectivity index (χ2n) is 6.37. The van der Waals surface area contributed by atoms with Crippen molar-refractivity contribution in [2.24, 2.45) is 0 Å². The summed E-state index contributed by atoms with van der Waals surface area (Å²) in [5, 5.41) is 4.72. The number of carbonyl (C=O) groups excluding carboxylic acids is 3. The molecule has 2 aromatic heterocycles. The van der Waals surface area contributed by atoms with Crippen molar-refractivity contribution in [2.45, 2.75) is 13.5 Å². The Morgan fingerprint density at radius 3 is 2.53 bits per heavy atom. The lowest BCUT2D eigenvalue weighted by Crippen LogP contribution is -2.42. The van der Waals surface area contributed by atoms with E-state index >= 15 is 0 Å². The van der Waals surface area contributed by atoms with Crippen LogP contribution < -0.4 is 5.32 Å². The summed E-state index contributed by atoms with van der Waals surface area (Å²) in [7, 11) is 0. The summed E-state index contributed by atoms with van der Waals surface area (Å²) in [6, 6.07) is 17.1. The number of hydrogen-bond acceptors (Lipinski definition) is 6. The van der Waals surface area contributed by atoms with E-state index in [0.717, 1.165) is 15.3 Å². The molecule has 0 aliphatic carbocycles. The van der Waals surface area contributed by atoms with E-state index < -0.39 is 18.5 Å². The molecule has 1 aromatic carbocycles. The molecule has 0 bridgehead atoms. The van der Waals surface area contributed by atoms with E-state index in [1.54, 1.807) is 24.3 Å². The number of rotatable bonds is 9. The van der Waals surface area contributed by atoms with Crippen LogP contribution in [0.15, 0.2) is 60.0 Å². The lowest BCUT2D eigenvalue weighted by atomic mass is 10.2. The van der Waals surface area contributed by atoms with Crippen LogP contribution in [0.1, 0.15) is 21.5 Å². The highest BCUT2D eigenvalue weighted by molar-refractivity contribution is 7.17. The number of amides is 2. The Morgan fingerprint density at radius 1 is 1.03 bits per heavy atom. The van der Waals surface area contributed by atoms with Gasteiger partial charge in [0.25, 0.3) is 5.91 Å². The Labute approximate surface area is 183 Å². The summed E-state index contributed by atoms with van der Waals surface area (Å²) in [6.07, 6.45) is 0. The van der Waals surface area contributed by atoms with Crippen LogP contribution in [-0.4, -0.2) is 42.4 Å². The van der Waals surface area contributed by atoms with Gasteiger partial charge in [-0.25, -0.2) is 4.79 Å². The predicted octanol–water partition coefficient (Wildman–Crippen LogP) is 3.80. The van der Waals surface area contributed by atoms with Crippen molar-refractivity contribution in [1.29, 1.82) is 0 Å². The van der Waals surface area contributed by atoms with Crippen molar-refractivity contribution in [3.8, 4) is 10.4 Å². The lowest BCUT2D eigenvalue weighted by molar-refractivity contribution is -0.138. The van der Waals surface area contributed by atoms with Crippen molar-refractivity contribution >= 4 is 40.5 Å². The van der Waals surface area contributed by atoms with E-state index in [4.69, 9.17) is 4.74 Å². The number of carbonyl (C=O) groups is 3. The maximum absolute atomic E-state index is 12.4. The molecule has 156 valence electrons. The zero-order valence-electron chi connectivity index (χ0n) is 16.5. The molecule has 0 aliphatic rings. The molecule has 6 nitrogen and oxygen atoms in total. The highest BCUT2D eigenvalue weighted by atomic mass is 32.1. The van der Waals surface area contributed by atoms with Crippen molar-refractivity contribution in [1.82, 2.24) is 10.2 Å². The van der Waals surface area contributed by atoms with Gasteiger partial charge < -0.3 is 15.0 Å². The molecule has 8 heteroatoms. The maximum Gasteiger partial charge on any atom is 0.348 e. The Morgan fingerprint density at radius 2 is 1.83 bits per heavy atom. The molecule has 30 heavy (non-hydrogen) atoms. The number of hydrogen-bond donors (Lipinski definition) is 1. The number of nitrogens with zero attached hydrogens (tertiary/aromatic N) is 1. The number of nitrogens with one attached hydrogen (secondary N) is 1. The number of thiophene rings is 2. The van der Waals surface area contributed by atoms with Gasteiger partial charge in [0.05, 0.1) is 13.1 Å². The Kier molecular flexibility index (Phi) is 7.75. The van der Waals surface area contributed by atoms with Crippen molar-refractivity contribution < 1.29 is 19.1 Å². The molecule has 0 unspecified atom stereocenters. The first-order chi connectivity index (χ1) is 14.6. The number of ether oxygens (including phenoxy) is 1. The Hall–Kier alpha value is -2.97. The van der Waals surface area contributed by atoms with E-state index in [-0.39, 0.29) is 12.5 Å². The standard InChI is InChI=1S/C22H22N2O4S2/c1-2-24(14-20(25)23-13-17-9-6-12-29-17)21(26)15-28-22(27)19-11-10-18(30-19)16-7-4-3-5-8-16/h3-12H,2,13-15H2,1H3,(H,23,25). The average Bonchev–Trinajstić information content (AvgIpc) is 3.47. The van der Waals surface area contributed by atoms with Crippen LogP contribution in [0.25, 0.3) is 10.4 Å². The van der Waals surface area contributed by atoms with Gasteiger partial charge in [-0.05, 0) is 36.1 Å². The zero-order chi connectivity index (χ0) is 21.3. The zero-order valence-corrected chi connectivity index (χ0v) is 18.1. The van der Waals surface area contributed by atoms with Crippen LogP contribution in [0.4, 0.5) is 0 Å². The SMILES string of the molecule is CCN(CC(=O)NCc1cccs1)C(=O)COC(=O)c1ccc(-c2ccccc2)s1. The summed E-state index contributed by atoms with van der Waals surface area (Å²) in [6.45, 7) is 2.08. The Balaban J connectivity index is 1.47. The quantitative estimate of drug-likeness (QED) is 0.512. The predicted molar refractivity (Wildman–Crippen MR) is 118 cm³/mol. The van der Waals surface area contributed by atoms with Crippen LogP contribution in [0.3, 0.4) is 0 Å². The lowest BCUT2D eigenvalue weighted by Gasteiger charge is -2.20. The first kappa shape index (κ1) is 21.7. The third-order valence-corrected chi connectivity index (χ3v) is 6.29. The molecule has 0 fully saturated rings. The van der Waals surface area contributed by atoms with Crippen molar-refractivity contribution in [2.75, 3.05) is 19.7 Å². The molecular weight excluding hydrogens is 420 g/mol. The van der Waals surface area contributed by atoms with E-state index in [2.05, 4.69) is 5.32 Å². The summed E-state index contributed by atoms with van der Waals surface area (Å²) < 4.78 is 5.17. The van der Waals surface area contributed by atoms with Crippen LogP contribution in [0.2, 0.25) is 0 Å². The molecule has 0 aliphatic heterocycles. The van der Waals surface area contributed by atoms with E-state index in [9.17, 15) is 14.4 Å². The third kappa shape index (κ3) is 6.01. The molecular formula is C22H22N2O4S2. The molecule has 1 N–H and O–H groups in total. The Bertz CT molecular complexity index is 984. The van der Waals surface area contributed by atoms with Crippen LogP contribution in [0.5, 0.6) is 0 Å². The van der Waals surface area contributed by atoms with Crippen molar-refractivity contribution in [3.05, 3.63) is 69.7 Å². The number of esters is 1. The van der Waals surface area contributed by atoms with Gasteiger partial charge in [-0.1, -0.05) is 36.4 Å². The van der Waals surface area contributed by atoms with Gasteiger partial charge >= 0.3 is 5.97 Å². The first-order valence-electron chi connectivity index (χ1n) is 9.46. The fraction of sp³-hybridized carbons (Fsp3) is 0.227. The summed E-state index contributed by atoms with van der Waals surface area (Å²) in [5.41, 5.74) is 1.02. The molecule has 3 aromatic rings. The van der Waals surface area contributed by atoms with E-state index in [1.165, 1.54) is 16.2 Å². The van der Waals surface area contributed by atoms with Gasteiger partial charge in [0.1, 0.15) is 4.88 Å². The van der Waals surface area contributed by atoms with E-state index in [1.807, 2.05) is 53.9 Å². The van der Waals surface area contributed by atoms with Crippen LogP contribution >= 0.6 is 22.7 Å². The fourth-order valence-electron chi connectivity index (χ4n) is 2.70. The van der Waals surface area contributed by atoms with Gasteiger partial charge in [0.2, 0.25) is 5.91 Å². The number of likely N-dealkylation sites (N-methyl/N-ethyl adjacent to an activating group) is 1. The van der Waals surface area contributed by atoms with Gasteiger partial charge in [-0.2, -0.15) is 0 Å². The smallest absolute Gasteiger partial charge is 0.348 e. The van der Waals surface area contributed by atoms with Gasteiger partial charge in [0.15, 0.2) is 6.61 Å². The fourth-order valence-corrected chi connectivity index (χ4v) is 4.25. The van der Waals surface area contributed by atoms with Gasteiger partial charge in [-0.3, -0.25) is 9.59 Å². The molecule has 0 atom stereocenters. The minimum atomic E-state index is -0.547. The summed E-state index contributed by atoms with van der Waals surface area (Å²) in [4.78, 5) is 40.6. The summed E-state index contributed by atoms with van der Waals surface area (Å²) in [5.74, 6) is -1.21. The molecule has 2 amide bonds. The van der Waals surface area contributed by atoms with Gasteiger partial charge in [-0.15, -0.1) is 22.7 Å². The normalized spacial score (nSPS) is 10.4. The summed E-state index contributed by atoms with van der Waals surface area (Å²) >= 11 is 2.87. The molecule has 0 radical (unpaired) electrons. The van der Waals surface area contributed by atoms with Crippen LogP contribution in [-0.2, 0) is 20.9 Å². The monoisotopic (exact) mass is 442 g/mol. The third-order valence-electron chi connectivity index (χ3n) is 4.30. The van der Waals surface area contributed by atoms with Crippen molar-refractivity contribution in [3.63, 3.8) is 0 Å². The minimum Gasteiger partial charge on any atom is -0.451 e. The van der Waals surface area contributed by atoms with Gasteiger partial charge in [0, 0.05) is 16.3 Å².